The number of hydrogen-bond donors (Lipinski definition) is 6. The zero-order valence-electron chi connectivity index (χ0n) is 21.6. The topological polar surface area (TPSA) is 270 Å². The molecule has 6 N–H and O–H groups in total. The van der Waals surface area contributed by atoms with Gasteiger partial charge in [0.15, 0.2) is 6.23 Å². The van der Waals surface area contributed by atoms with E-state index in [1.807, 2.05) is 6.07 Å². The average Bonchev–Trinajstić information content (AvgIpc) is 3.17. The summed E-state index contributed by atoms with van der Waals surface area (Å²) in [5.41, 5.74) is -0.312. The first-order valence-corrected chi connectivity index (χ1v) is 16.9. The summed E-state index contributed by atoms with van der Waals surface area (Å²) in [6, 6.07) is 4.61. The van der Waals surface area contributed by atoms with Crippen LogP contribution in [0, 0.1) is 0 Å². The second kappa shape index (κ2) is 12.9. The van der Waals surface area contributed by atoms with Crippen molar-refractivity contribution >= 4 is 29.2 Å². The largest absolute Gasteiger partial charge is 0.490 e. The molecule has 2 aromatic rings. The molecule has 2 aliphatic rings. The fraction of sp³-hybridized carbons (Fsp3) is 0.550. The lowest BCUT2D eigenvalue weighted by molar-refractivity contribution is -0.0547. The van der Waals surface area contributed by atoms with Gasteiger partial charge < -0.3 is 39.4 Å². The molecule has 0 radical (unpaired) electrons. The molecule has 0 aliphatic carbocycles. The zero-order valence-corrected chi connectivity index (χ0v) is 24.3. The lowest BCUT2D eigenvalue weighted by Gasteiger charge is -2.29. The third-order valence-corrected chi connectivity index (χ3v) is 10.2. The van der Waals surface area contributed by atoms with Gasteiger partial charge in [-0.1, -0.05) is 0 Å². The molecule has 0 amide bonds. The summed E-state index contributed by atoms with van der Waals surface area (Å²) in [5, 5.41) is 20.9. The Balaban J connectivity index is 1.47. The maximum Gasteiger partial charge on any atom is 0.490 e. The fourth-order valence-electron chi connectivity index (χ4n) is 4.50. The standard InChI is InChI=1S/C20H29N4O15P3/c25-16-5-9-23(20(28)24(16)11-13-10-14(4-6-21-13)22-7-2-1-3-8-22)19-18(27)17(26)15(37-19)12-36-41(32,33)39-42(34,35)38-40(29,30)31/h4-6,9-10,15,17-19,26-27H,1-3,7-8,11-12H2,(H,32,33)(H,34,35)(H2,29,30,31)/t15-,17?,18+,19-/m1/s1. The molecule has 0 spiro atoms. The molecule has 4 rings (SSSR count). The molecular weight excluding hydrogens is 629 g/mol. The Morgan fingerprint density at radius 1 is 0.952 bits per heavy atom. The van der Waals surface area contributed by atoms with E-state index in [0.717, 1.165) is 59.4 Å². The van der Waals surface area contributed by atoms with Gasteiger partial charge in [0.1, 0.15) is 18.3 Å². The molecule has 42 heavy (non-hydrogen) atoms. The lowest BCUT2D eigenvalue weighted by Crippen LogP contribution is -2.43. The van der Waals surface area contributed by atoms with Gasteiger partial charge >= 0.3 is 29.2 Å². The first-order chi connectivity index (χ1) is 19.6. The van der Waals surface area contributed by atoms with Gasteiger partial charge in [0.2, 0.25) is 0 Å². The Labute approximate surface area is 237 Å². The normalized spacial score (nSPS) is 26.1. The van der Waals surface area contributed by atoms with Crippen molar-refractivity contribution < 1.29 is 61.4 Å². The van der Waals surface area contributed by atoms with Crippen LogP contribution in [0.15, 0.2) is 40.2 Å². The van der Waals surface area contributed by atoms with Crippen LogP contribution in [-0.4, -0.2) is 81.9 Å². The van der Waals surface area contributed by atoms with E-state index >= 15 is 0 Å². The molecule has 22 heteroatoms. The van der Waals surface area contributed by atoms with Crippen LogP contribution in [0.4, 0.5) is 5.69 Å². The minimum absolute atomic E-state index is 0.221. The predicted molar refractivity (Wildman–Crippen MR) is 140 cm³/mol. The highest BCUT2D eigenvalue weighted by atomic mass is 31.3. The molecule has 0 bridgehead atoms. The molecule has 6 atom stereocenters. The highest BCUT2D eigenvalue weighted by Gasteiger charge is 2.47. The minimum atomic E-state index is -5.78. The number of piperidine rings is 1. The second-order valence-corrected chi connectivity index (χ2v) is 13.8. The number of nitrogens with zero attached hydrogens (tertiary/aromatic N) is 4. The van der Waals surface area contributed by atoms with Crippen molar-refractivity contribution in [1.29, 1.82) is 0 Å². The van der Waals surface area contributed by atoms with Gasteiger partial charge in [0.25, 0.3) is 5.56 Å². The van der Waals surface area contributed by atoms with Crippen LogP contribution in [0.3, 0.4) is 0 Å². The molecule has 234 valence electrons. The molecular formula is C20H29N4O15P3. The Bertz CT molecular complexity index is 1540. The van der Waals surface area contributed by atoms with E-state index in [4.69, 9.17) is 14.5 Å². The zero-order chi connectivity index (χ0) is 30.9. The Kier molecular flexibility index (Phi) is 10.1. The van der Waals surface area contributed by atoms with Crippen LogP contribution in [-0.2, 0) is 38.1 Å². The minimum Gasteiger partial charge on any atom is -0.387 e. The van der Waals surface area contributed by atoms with Crippen molar-refractivity contribution in [3.63, 3.8) is 0 Å². The number of anilines is 1. The van der Waals surface area contributed by atoms with Crippen molar-refractivity contribution in [1.82, 2.24) is 14.1 Å². The Morgan fingerprint density at radius 2 is 1.64 bits per heavy atom. The number of phosphoric acid groups is 3. The van der Waals surface area contributed by atoms with Gasteiger partial charge in [-0.05, 0) is 31.4 Å². The molecule has 19 nitrogen and oxygen atoms in total. The molecule has 2 fully saturated rings. The molecule has 2 aliphatic heterocycles. The summed E-state index contributed by atoms with van der Waals surface area (Å²) in [5.74, 6) is 0. The molecule has 3 unspecified atom stereocenters. The SMILES string of the molecule is O=c1ccn([C@@H]2O[C@H](COP(=O)(O)OP(=O)(O)OP(=O)(O)O)C(O)[C@@H]2O)c(=O)n1Cc1cc(N2CCCCC2)ccn1. The van der Waals surface area contributed by atoms with E-state index in [0.29, 0.717) is 5.69 Å². The van der Waals surface area contributed by atoms with Gasteiger partial charge in [-0.2, -0.15) is 8.62 Å². The third-order valence-electron chi connectivity index (χ3n) is 6.37. The van der Waals surface area contributed by atoms with E-state index in [-0.39, 0.29) is 6.54 Å². The van der Waals surface area contributed by atoms with Crippen LogP contribution >= 0.6 is 23.5 Å². The lowest BCUT2D eigenvalue weighted by atomic mass is 10.1. The number of hydrogen-bond acceptors (Lipinski definition) is 13. The summed E-state index contributed by atoms with van der Waals surface area (Å²) in [6.45, 7) is 0.440. The third kappa shape index (κ3) is 8.30. The van der Waals surface area contributed by atoms with E-state index in [1.165, 1.54) is 0 Å². The molecule has 2 saturated heterocycles. The van der Waals surface area contributed by atoms with Crippen LogP contribution in [0.25, 0.3) is 0 Å². The van der Waals surface area contributed by atoms with Gasteiger partial charge in [-0.3, -0.25) is 23.4 Å². The number of aliphatic hydroxyl groups excluding tert-OH is 2. The van der Waals surface area contributed by atoms with Crippen LogP contribution in [0.1, 0.15) is 31.2 Å². The average molecular weight is 658 g/mol. The highest BCUT2D eigenvalue weighted by molar-refractivity contribution is 7.66. The van der Waals surface area contributed by atoms with Crippen molar-refractivity contribution in [2.75, 3.05) is 24.6 Å². The highest BCUT2D eigenvalue weighted by Crippen LogP contribution is 2.66. The van der Waals surface area contributed by atoms with E-state index < -0.39 is 65.9 Å². The van der Waals surface area contributed by atoms with E-state index in [2.05, 4.69) is 23.0 Å². The van der Waals surface area contributed by atoms with Gasteiger partial charge in [0, 0.05) is 37.2 Å². The van der Waals surface area contributed by atoms with Gasteiger partial charge in [0.05, 0.1) is 18.8 Å². The van der Waals surface area contributed by atoms with Gasteiger partial charge in [-0.15, -0.1) is 0 Å². The number of phosphoric ester groups is 1. The molecule has 0 aromatic carbocycles. The smallest absolute Gasteiger partial charge is 0.387 e. The first-order valence-electron chi connectivity index (χ1n) is 12.4. The van der Waals surface area contributed by atoms with Gasteiger partial charge in [-0.25, -0.2) is 18.5 Å². The molecule has 2 aromatic heterocycles. The Hall–Kier alpha value is -2.08. The number of rotatable bonds is 11. The summed E-state index contributed by atoms with van der Waals surface area (Å²) in [7, 11) is -16.9. The number of ether oxygens (including phenoxy) is 1. The maximum atomic E-state index is 13.3. The molecule has 0 saturated carbocycles. The quantitative estimate of drug-likeness (QED) is 0.165. The van der Waals surface area contributed by atoms with Crippen molar-refractivity contribution in [3.05, 3.63) is 57.1 Å². The monoisotopic (exact) mass is 658 g/mol. The van der Waals surface area contributed by atoms with E-state index in [9.17, 15) is 43.3 Å². The Morgan fingerprint density at radius 3 is 2.31 bits per heavy atom. The van der Waals surface area contributed by atoms with Crippen molar-refractivity contribution in [3.8, 4) is 0 Å². The first kappa shape index (κ1) is 32.8. The van der Waals surface area contributed by atoms with Crippen LogP contribution < -0.4 is 16.1 Å². The van der Waals surface area contributed by atoms with Crippen molar-refractivity contribution in [2.24, 2.45) is 0 Å². The summed E-state index contributed by atoms with van der Waals surface area (Å²) in [6.07, 6.45) is -1.09. The van der Waals surface area contributed by atoms with Crippen molar-refractivity contribution in [2.45, 2.75) is 50.3 Å². The second-order valence-electron chi connectivity index (χ2n) is 9.42. The van der Waals surface area contributed by atoms with E-state index in [1.54, 1.807) is 12.3 Å². The number of aliphatic hydroxyl groups is 2. The summed E-state index contributed by atoms with van der Waals surface area (Å²) >= 11 is 0. The maximum absolute atomic E-state index is 13.3. The number of pyridine rings is 1. The molecule has 4 heterocycles. The van der Waals surface area contributed by atoms with Crippen LogP contribution in [0.5, 0.6) is 0 Å². The summed E-state index contributed by atoms with van der Waals surface area (Å²) in [4.78, 5) is 68.3. The predicted octanol–water partition coefficient (Wildman–Crippen LogP) is -0.594. The summed E-state index contributed by atoms with van der Waals surface area (Å²) < 4.78 is 53.0. The number of aromatic nitrogens is 3. The fourth-order valence-corrected chi connectivity index (χ4v) is 7.53. The van der Waals surface area contributed by atoms with Crippen LogP contribution in [0.2, 0.25) is 0 Å².